The lowest BCUT2D eigenvalue weighted by atomic mass is 10.2. The van der Waals surface area contributed by atoms with E-state index >= 15 is 0 Å². The van der Waals surface area contributed by atoms with Crippen LogP contribution in [0.1, 0.15) is 32.1 Å². The Hall–Kier alpha value is -1.86. The molecule has 3 rings (SSSR count). The zero-order valence-corrected chi connectivity index (χ0v) is 15.3. The van der Waals surface area contributed by atoms with Gasteiger partial charge in [-0.2, -0.15) is 4.98 Å². The molecule has 6 nitrogen and oxygen atoms in total. The van der Waals surface area contributed by atoms with E-state index in [-0.39, 0.29) is 9.92 Å². The van der Waals surface area contributed by atoms with E-state index in [1.807, 2.05) is 4.90 Å². The first-order chi connectivity index (χ1) is 12.1. The molecule has 1 saturated heterocycles. The Labute approximate surface area is 148 Å². The fourth-order valence-electron chi connectivity index (χ4n) is 2.82. The Balaban J connectivity index is 1.97. The van der Waals surface area contributed by atoms with Crippen LogP contribution in [0.2, 0.25) is 0 Å². The van der Waals surface area contributed by atoms with Gasteiger partial charge in [0.15, 0.2) is 5.89 Å². The molecule has 0 N–H and O–H groups in total. The Morgan fingerprint density at radius 1 is 1.12 bits per heavy atom. The van der Waals surface area contributed by atoms with E-state index in [1.54, 1.807) is 30.3 Å². The normalized spacial score (nSPS) is 15.5. The molecule has 0 unspecified atom stereocenters. The van der Waals surface area contributed by atoms with Crippen LogP contribution in [0, 0.1) is 0 Å². The van der Waals surface area contributed by atoms with Crippen LogP contribution >= 0.6 is 0 Å². The summed E-state index contributed by atoms with van der Waals surface area (Å²) in [4.78, 5) is 6.51. The van der Waals surface area contributed by atoms with Crippen LogP contribution in [-0.4, -0.2) is 39.7 Å². The SMILES string of the molecule is CCCCCc1nc(S(=O)(=O)c2ccccc2)c(N2CCOCC2)o1. The average Bonchev–Trinajstić information content (AvgIpc) is 3.08. The second kappa shape index (κ2) is 8.01. The standard InChI is InChI=1S/C18H24N2O4S/c1-2-3-5-10-16-19-17(18(24-16)20-11-13-23-14-12-20)25(21,22)15-8-6-4-7-9-15/h4,6-9H,2-3,5,10-14H2,1H3. The molecule has 2 aromatic rings. The van der Waals surface area contributed by atoms with E-state index < -0.39 is 9.84 Å². The Kier molecular flexibility index (Phi) is 5.75. The summed E-state index contributed by atoms with van der Waals surface area (Å²) in [5, 5.41) is 0.0205. The van der Waals surface area contributed by atoms with Gasteiger partial charge in [0.1, 0.15) is 0 Å². The maximum absolute atomic E-state index is 13.1. The number of unbranched alkanes of at least 4 members (excludes halogenated alkanes) is 2. The third-order valence-corrected chi connectivity index (χ3v) is 5.89. The van der Waals surface area contributed by atoms with Gasteiger partial charge in [0.2, 0.25) is 20.7 Å². The molecule has 1 aliphatic rings. The van der Waals surface area contributed by atoms with Crippen molar-refractivity contribution in [1.82, 2.24) is 4.98 Å². The third kappa shape index (κ3) is 4.04. The predicted molar refractivity (Wildman–Crippen MR) is 94.7 cm³/mol. The molecule has 0 atom stereocenters. The number of aryl methyl sites for hydroxylation is 1. The number of sulfone groups is 1. The van der Waals surface area contributed by atoms with Crippen LogP contribution in [0.4, 0.5) is 5.88 Å². The van der Waals surface area contributed by atoms with Crippen molar-refractivity contribution in [2.45, 2.75) is 42.5 Å². The van der Waals surface area contributed by atoms with Crippen molar-refractivity contribution >= 4 is 15.7 Å². The molecule has 2 heterocycles. The first kappa shape index (κ1) is 17.9. The monoisotopic (exact) mass is 364 g/mol. The van der Waals surface area contributed by atoms with Gasteiger partial charge in [-0.05, 0) is 18.6 Å². The maximum Gasteiger partial charge on any atom is 0.236 e. The topological polar surface area (TPSA) is 72.6 Å². The second-order valence-corrected chi connectivity index (χ2v) is 7.96. The lowest BCUT2D eigenvalue weighted by Crippen LogP contribution is -2.36. The fourth-order valence-corrected chi connectivity index (χ4v) is 4.19. The molecule has 0 saturated carbocycles. The van der Waals surface area contributed by atoms with E-state index in [4.69, 9.17) is 9.15 Å². The number of anilines is 1. The molecule has 0 aliphatic carbocycles. The molecule has 0 radical (unpaired) electrons. The van der Waals surface area contributed by atoms with Gasteiger partial charge in [-0.3, -0.25) is 0 Å². The smallest absolute Gasteiger partial charge is 0.236 e. The summed E-state index contributed by atoms with van der Waals surface area (Å²) in [6, 6.07) is 8.39. The average molecular weight is 364 g/mol. The molecule has 1 aromatic heterocycles. The molecule has 0 spiro atoms. The van der Waals surface area contributed by atoms with Crippen LogP contribution in [-0.2, 0) is 21.0 Å². The number of hydrogen-bond donors (Lipinski definition) is 0. The Bertz CT molecular complexity index is 781. The number of hydrogen-bond acceptors (Lipinski definition) is 6. The van der Waals surface area contributed by atoms with Gasteiger partial charge in [-0.15, -0.1) is 0 Å². The Morgan fingerprint density at radius 2 is 1.84 bits per heavy atom. The van der Waals surface area contributed by atoms with Crippen molar-refractivity contribution in [3.05, 3.63) is 36.2 Å². The van der Waals surface area contributed by atoms with Crippen molar-refractivity contribution in [2.24, 2.45) is 0 Å². The Morgan fingerprint density at radius 3 is 2.52 bits per heavy atom. The minimum atomic E-state index is -3.72. The van der Waals surface area contributed by atoms with Crippen molar-refractivity contribution in [2.75, 3.05) is 31.2 Å². The highest BCUT2D eigenvalue weighted by atomic mass is 32.2. The van der Waals surface area contributed by atoms with Crippen molar-refractivity contribution in [3.63, 3.8) is 0 Å². The van der Waals surface area contributed by atoms with Crippen LogP contribution < -0.4 is 4.90 Å². The summed E-state index contributed by atoms with van der Waals surface area (Å²) in [6.07, 6.45) is 3.74. The summed E-state index contributed by atoms with van der Waals surface area (Å²) in [7, 11) is -3.72. The number of aromatic nitrogens is 1. The molecule has 7 heteroatoms. The molecular formula is C18H24N2O4S. The number of rotatable bonds is 7. The highest BCUT2D eigenvalue weighted by molar-refractivity contribution is 7.91. The zero-order valence-electron chi connectivity index (χ0n) is 14.5. The lowest BCUT2D eigenvalue weighted by molar-refractivity contribution is 0.120. The van der Waals surface area contributed by atoms with Crippen LogP contribution in [0.3, 0.4) is 0 Å². The molecule has 1 aromatic carbocycles. The third-order valence-electron chi connectivity index (χ3n) is 4.22. The molecular weight excluding hydrogens is 340 g/mol. The highest BCUT2D eigenvalue weighted by Gasteiger charge is 2.31. The molecule has 136 valence electrons. The van der Waals surface area contributed by atoms with Crippen molar-refractivity contribution in [3.8, 4) is 0 Å². The highest BCUT2D eigenvalue weighted by Crippen LogP contribution is 2.32. The van der Waals surface area contributed by atoms with Crippen molar-refractivity contribution < 1.29 is 17.6 Å². The number of benzene rings is 1. The van der Waals surface area contributed by atoms with E-state index in [9.17, 15) is 8.42 Å². The molecule has 1 aliphatic heterocycles. The number of oxazole rings is 1. The summed E-state index contributed by atoms with van der Waals surface area (Å²) >= 11 is 0. The number of nitrogens with zero attached hydrogens (tertiary/aromatic N) is 2. The summed E-state index contributed by atoms with van der Waals surface area (Å²) in [6.45, 7) is 4.43. The van der Waals surface area contributed by atoms with Crippen LogP contribution in [0.5, 0.6) is 0 Å². The van der Waals surface area contributed by atoms with Gasteiger partial charge in [-0.25, -0.2) is 8.42 Å². The minimum Gasteiger partial charge on any atom is -0.424 e. The summed E-state index contributed by atoms with van der Waals surface area (Å²) in [5.74, 6) is 0.836. The molecule has 0 bridgehead atoms. The van der Waals surface area contributed by atoms with Gasteiger partial charge in [0, 0.05) is 19.5 Å². The first-order valence-electron chi connectivity index (χ1n) is 8.75. The van der Waals surface area contributed by atoms with Gasteiger partial charge < -0.3 is 14.1 Å². The maximum atomic E-state index is 13.1. The molecule has 25 heavy (non-hydrogen) atoms. The van der Waals surface area contributed by atoms with Crippen LogP contribution in [0.25, 0.3) is 0 Å². The minimum absolute atomic E-state index is 0.0205. The molecule has 0 amide bonds. The van der Waals surface area contributed by atoms with Gasteiger partial charge in [0.05, 0.1) is 18.1 Å². The largest absolute Gasteiger partial charge is 0.424 e. The lowest BCUT2D eigenvalue weighted by Gasteiger charge is -2.26. The summed E-state index contributed by atoms with van der Waals surface area (Å²) in [5.41, 5.74) is 0. The summed E-state index contributed by atoms with van der Waals surface area (Å²) < 4.78 is 37.4. The fraction of sp³-hybridized carbons (Fsp3) is 0.500. The zero-order chi connectivity index (χ0) is 17.7. The number of morpholine rings is 1. The van der Waals surface area contributed by atoms with E-state index in [0.29, 0.717) is 44.5 Å². The van der Waals surface area contributed by atoms with E-state index in [0.717, 1.165) is 19.3 Å². The van der Waals surface area contributed by atoms with E-state index in [2.05, 4.69) is 11.9 Å². The van der Waals surface area contributed by atoms with Crippen LogP contribution in [0.15, 0.2) is 44.7 Å². The van der Waals surface area contributed by atoms with E-state index in [1.165, 1.54) is 0 Å². The van der Waals surface area contributed by atoms with Gasteiger partial charge in [0.25, 0.3) is 0 Å². The number of ether oxygens (including phenoxy) is 1. The first-order valence-corrected chi connectivity index (χ1v) is 10.2. The molecule has 1 fully saturated rings. The quantitative estimate of drug-likeness (QED) is 0.703. The van der Waals surface area contributed by atoms with Gasteiger partial charge in [-0.1, -0.05) is 38.0 Å². The predicted octanol–water partition coefficient (Wildman–Crippen LogP) is 3.08. The van der Waals surface area contributed by atoms with Crippen molar-refractivity contribution in [1.29, 1.82) is 0 Å². The van der Waals surface area contributed by atoms with Gasteiger partial charge >= 0.3 is 0 Å². The second-order valence-electron chi connectivity index (χ2n) is 6.09.